The van der Waals surface area contributed by atoms with Gasteiger partial charge in [-0.25, -0.2) is 38.5 Å². The summed E-state index contributed by atoms with van der Waals surface area (Å²) in [6, 6.07) is 10.4. The predicted octanol–water partition coefficient (Wildman–Crippen LogP) is -11.5. The van der Waals surface area contributed by atoms with Gasteiger partial charge >= 0.3 is 124 Å². The maximum absolute atomic E-state index is 12.8. The Labute approximate surface area is 452 Å². The zero-order valence-electron chi connectivity index (χ0n) is 33.3. The zero-order valence-corrected chi connectivity index (χ0v) is 44.6. The fourth-order valence-electron chi connectivity index (χ4n) is 5.68. The third kappa shape index (κ3) is 13.2. The first-order valence-electron chi connectivity index (χ1n) is 16.0. The topological polar surface area (TPSA) is 400 Å². The third-order valence-corrected chi connectivity index (χ3v) is 11.7. The van der Waals surface area contributed by atoms with E-state index in [0.717, 1.165) is 0 Å². The molecule has 4 aliphatic carbocycles. The number of ketones is 2. The number of carbonyl (C=O) groups is 3. The van der Waals surface area contributed by atoms with Crippen LogP contribution in [-0.2, 0) is 50.1 Å². The molecule has 0 saturated heterocycles. The minimum Gasteiger partial charge on any atom is -0.744 e. The number of urea groups is 1. The van der Waals surface area contributed by atoms with E-state index in [1.165, 1.54) is 48.5 Å². The van der Waals surface area contributed by atoms with Crippen LogP contribution in [0, 0.1) is 10.8 Å². The third-order valence-electron chi connectivity index (χ3n) is 8.34. The van der Waals surface area contributed by atoms with Crippen LogP contribution in [0.2, 0.25) is 0 Å². The van der Waals surface area contributed by atoms with Crippen LogP contribution in [0.3, 0.4) is 0 Å². The summed E-state index contributed by atoms with van der Waals surface area (Å²) in [5.74, 6) is -2.14. The Morgan fingerprint density at radius 1 is 0.438 bits per heavy atom. The zero-order chi connectivity index (χ0) is 44.1. The molecule has 0 atom stereocenters. The van der Waals surface area contributed by atoms with E-state index in [4.69, 9.17) is 10.8 Å². The number of amides is 2. The fraction of sp³-hybridized carbons (Fsp3) is 0. The Morgan fingerprint density at radius 2 is 0.734 bits per heavy atom. The second-order valence-corrected chi connectivity index (χ2v) is 17.8. The van der Waals surface area contributed by atoms with Crippen LogP contribution < -0.4 is 151 Å². The molecule has 0 fully saturated rings. The SMILES string of the molecule is N=C1C(S(=O)(=O)[O-])=CC2=CC(S(=O)(=O)[O-])=CC(=O)C2=C1NNc1ccc(NC(=O)Nc2ccc(NNC3=C4C(=O)C=C(S(=O)(=O)[O-])C=C4C=C(S(=O)(=O)[O-])C3=N)cc2)cc1.[Na+].[Na+].[Na+].[Na+]. The summed E-state index contributed by atoms with van der Waals surface area (Å²) in [5.41, 5.74) is 6.46. The van der Waals surface area contributed by atoms with E-state index in [1.54, 1.807) is 0 Å². The average molecular weight is 991 g/mol. The van der Waals surface area contributed by atoms with Gasteiger partial charge in [-0.05, 0) is 84.0 Å². The number of hydrogen-bond donors (Lipinski definition) is 8. The maximum atomic E-state index is 12.8. The van der Waals surface area contributed by atoms with Gasteiger partial charge in [-0.2, -0.15) is 0 Å². The summed E-state index contributed by atoms with van der Waals surface area (Å²) in [6.07, 6.45) is 3.58. The summed E-state index contributed by atoms with van der Waals surface area (Å²) in [7, 11) is -20.9. The second kappa shape index (κ2) is 21.8. The first-order valence-corrected chi connectivity index (χ1v) is 21.7. The van der Waals surface area contributed by atoms with E-state index in [0.29, 0.717) is 36.5 Å². The van der Waals surface area contributed by atoms with Crippen molar-refractivity contribution in [3.05, 3.63) is 138 Å². The van der Waals surface area contributed by atoms with Crippen LogP contribution in [0.5, 0.6) is 0 Å². The van der Waals surface area contributed by atoms with Crippen molar-refractivity contribution >= 4 is 92.2 Å². The van der Waals surface area contributed by atoms with Crippen molar-refractivity contribution in [3.8, 4) is 0 Å². The number of fused-ring (bicyclic) bond motifs is 2. The monoisotopic (exact) mass is 990 g/mol. The summed E-state index contributed by atoms with van der Waals surface area (Å²) >= 11 is 0. The van der Waals surface area contributed by atoms with Crippen molar-refractivity contribution in [2.75, 3.05) is 21.5 Å². The van der Waals surface area contributed by atoms with Crippen LogP contribution in [0.25, 0.3) is 0 Å². The van der Waals surface area contributed by atoms with Crippen LogP contribution in [-0.4, -0.2) is 80.9 Å². The quantitative estimate of drug-likeness (QED) is 0.0556. The van der Waals surface area contributed by atoms with Gasteiger partial charge in [0.25, 0.3) is 0 Å². The Kier molecular flexibility index (Phi) is 19.6. The van der Waals surface area contributed by atoms with Crippen molar-refractivity contribution in [2.24, 2.45) is 0 Å². The molecule has 2 amide bonds. The molecule has 0 aromatic heterocycles. The van der Waals surface area contributed by atoms with E-state index >= 15 is 0 Å². The summed E-state index contributed by atoms with van der Waals surface area (Å²) < 4.78 is 140. The predicted molar refractivity (Wildman–Crippen MR) is 206 cm³/mol. The molecule has 31 heteroatoms. The molecule has 0 bridgehead atoms. The number of nitrogens with one attached hydrogen (secondary N) is 8. The van der Waals surface area contributed by atoms with Crippen LogP contribution in [0.4, 0.5) is 27.5 Å². The van der Waals surface area contributed by atoms with Crippen LogP contribution >= 0.6 is 0 Å². The van der Waals surface area contributed by atoms with E-state index in [2.05, 4.69) is 32.3 Å². The minimum atomic E-state index is -5.32. The van der Waals surface area contributed by atoms with Crippen molar-refractivity contribution in [3.63, 3.8) is 0 Å². The van der Waals surface area contributed by atoms with Gasteiger partial charge in [-0.3, -0.25) is 31.3 Å². The van der Waals surface area contributed by atoms with Gasteiger partial charge in [-0.15, -0.1) is 0 Å². The van der Waals surface area contributed by atoms with Gasteiger partial charge < -0.3 is 39.7 Å². The Bertz CT molecular complexity index is 2900. The van der Waals surface area contributed by atoms with E-state index in [9.17, 15) is 66.3 Å². The number of allylic oxidation sites excluding steroid dienone is 12. The molecule has 312 valence electrons. The molecule has 8 N–H and O–H groups in total. The fourth-order valence-corrected chi connectivity index (χ4v) is 7.97. The first-order chi connectivity index (χ1) is 27.8. The number of hydrazine groups is 2. The van der Waals surface area contributed by atoms with Crippen molar-refractivity contribution < 1.29 is 184 Å². The van der Waals surface area contributed by atoms with Crippen molar-refractivity contribution in [2.45, 2.75) is 0 Å². The summed E-state index contributed by atoms with van der Waals surface area (Å²) in [4.78, 5) is 34.1. The van der Waals surface area contributed by atoms with Crippen molar-refractivity contribution in [1.29, 1.82) is 10.8 Å². The summed E-state index contributed by atoms with van der Waals surface area (Å²) in [6.45, 7) is 0. The van der Waals surface area contributed by atoms with E-state index < -0.39 is 123 Å². The molecule has 0 radical (unpaired) electrons. The van der Waals surface area contributed by atoms with Gasteiger partial charge in [0, 0.05) is 23.5 Å². The standard InChI is InChI=1S/C33H26N8O15S4.4Na/c34-29-25(59(51,52)53)11-15-9-21(57(45,46)47)13-23(42)27(15)31(29)40-38-19-5-1-17(2-6-19)36-33(44)37-18-3-7-20(8-4-18)39-41-32-28-16(12-26(30(32)35)60(54,55)56)10-22(14-24(28)43)58(48,49)50;;;;/h1-14,34-35,38-41H,(H2,36,37,44)(H,45,46,47)(H,48,49,50)(H,51,52,53)(H,54,55,56);;;;/q;4*+1/p-4. The molecule has 0 saturated carbocycles. The molecule has 2 aromatic rings. The van der Waals surface area contributed by atoms with Crippen molar-refractivity contribution in [1.82, 2.24) is 10.9 Å². The number of carbonyl (C=O) groups excluding carboxylic acids is 3. The van der Waals surface area contributed by atoms with Gasteiger partial charge in [0.1, 0.15) is 40.5 Å². The van der Waals surface area contributed by atoms with Gasteiger partial charge in [0.15, 0.2) is 11.6 Å². The number of hydrogen-bond acceptors (Lipinski definition) is 21. The van der Waals surface area contributed by atoms with Gasteiger partial charge in [0.05, 0.1) is 65.0 Å². The Hall–Kier alpha value is -2.85. The molecular formula is C33H22N8Na4O15S4. The summed E-state index contributed by atoms with van der Waals surface area (Å²) in [5, 5.41) is 21.6. The smallest absolute Gasteiger partial charge is 0.744 e. The van der Waals surface area contributed by atoms with E-state index in [1.807, 2.05) is 0 Å². The molecule has 2 aromatic carbocycles. The van der Waals surface area contributed by atoms with Crippen LogP contribution in [0.15, 0.2) is 138 Å². The molecule has 64 heavy (non-hydrogen) atoms. The Morgan fingerprint density at radius 3 is 1.02 bits per heavy atom. The first kappa shape index (κ1) is 57.3. The molecular weight excluding hydrogens is 969 g/mol. The number of benzene rings is 2. The average Bonchev–Trinajstić information content (AvgIpc) is 3.13. The number of anilines is 4. The molecule has 4 aliphatic rings. The maximum Gasteiger partial charge on any atom is 1.00 e. The van der Waals surface area contributed by atoms with E-state index in [-0.39, 0.29) is 141 Å². The molecule has 0 aliphatic heterocycles. The number of rotatable bonds is 12. The molecule has 23 nitrogen and oxygen atoms in total. The normalized spacial score (nSPS) is 16.1. The minimum absolute atomic E-state index is 0. The molecule has 6 rings (SSSR count). The Balaban J connectivity index is 0.00000352. The molecule has 0 unspecified atom stereocenters. The molecule has 0 heterocycles. The van der Waals surface area contributed by atoms with Gasteiger partial charge in [0.2, 0.25) is 0 Å². The molecule has 0 spiro atoms. The van der Waals surface area contributed by atoms with Gasteiger partial charge in [-0.1, -0.05) is 0 Å². The second-order valence-electron chi connectivity index (χ2n) is 12.3. The largest absolute Gasteiger partial charge is 1.00 e. The van der Waals surface area contributed by atoms with Crippen LogP contribution in [0.1, 0.15) is 0 Å².